The minimum Gasteiger partial charge on any atom is -0.508 e. The molecule has 0 aliphatic rings. The molecule has 64 valence electrons. The predicted molar refractivity (Wildman–Crippen MR) is 45.7 cm³/mol. The van der Waals surface area contributed by atoms with Gasteiger partial charge in [0.25, 0.3) is 0 Å². The zero-order chi connectivity index (χ0) is 9.14. The number of carbonyl (C=O) groups excluding carboxylic acids is 1. The second-order valence-electron chi connectivity index (χ2n) is 2.76. The van der Waals surface area contributed by atoms with Crippen molar-refractivity contribution in [2.75, 3.05) is 0 Å². The van der Waals surface area contributed by atoms with Crippen molar-refractivity contribution in [3.63, 3.8) is 0 Å². The summed E-state index contributed by atoms with van der Waals surface area (Å²) in [5, 5.41) is 9.26. The Labute approximate surface area is 70.8 Å². The summed E-state index contributed by atoms with van der Waals surface area (Å²) in [5.41, 5.74) is 6.53. The zero-order valence-corrected chi connectivity index (χ0v) is 6.87. The van der Waals surface area contributed by atoms with Crippen LogP contribution in [0, 0.1) is 6.92 Å². The number of amides is 1. The summed E-state index contributed by atoms with van der Waals surface area (Å²) in [6, 6.07) is 5.09. The molecule has 0 atom stereocenters. The lowest BCUT2D eigenvalue weighted by Gasteiger charge is -2.01. The Balaban J connectivity index is 2.89. The van der Waals surface area contributed by atoms with Gasteiger partial charge in [0, 0.05) is 0 Å². The summed E-state index contributed by atoms with van der Waals surface area (Å²) in [7, 11) is 0. The van der Waals surface area contributed by atoms with Gasteiger partial charge in [0.15, 0.2) is 0 Å². The lowest BCUT2D eigenvalue weighted by atomic mass is 10.1. The second-order valence-corrected chi connectivity index (χ2v) is 2.76. The average Bonchev–Trinajstić information content (AvgIpc) is 1.96. The van der Waals surface area contributed by atoms with Gasteiger partial charge in [-0.15, -0.1) is 0 Å². The van der Waals surface area contributed by atoms with Crippen molar-refractivity contribution in [1.82, 2.24) is 0 Å². The molecule has 3 heteroatoms. The highest BCUT2D eigenvalue weighted by Crippen LogP contribution is 2.17. The third-order valence-electron chi connectivity index (χ3n) is 1.65. The first-order valence-corrected chi connectivity index (χ1v) is 3.66. The Hall–Kier alpha value is -1.51. The molecule has 3 nitrogen and oxygen atoms in total. The molecule has 1 aromatic rings. The summed E-state index contributed by atoms with van der Waals surface area (Å²) in [4.78, 5) is 10.5. The smallest absolute Gasteiger partial charge is 0.221 e. The highest BCUT2D eigenvalue weighted by Gasteiger charge is 2.00. The van der Waals surface area contributed by atoms with Gasteiger partial charge in [0.2, 0.25) is 5.91 Å². The Morgan fingerprint density at radius 1 is 1.58 bits per heavy atom. The van der Waals surface area contributed by atoms with Crippen LogP contribution in [0.15, 0.2) is 18.2 Å². The van der Waals surface area contributed by atoms with Crippen LogP contribution < -0.4 is 5.73 Å². The number of rotatable bonds is 2. The largest absolute Gasteiger partial charge is 0.508 e. The fourth-order valence-electron chi connectivity index (χ4n) is 0.966. The molecule has 0 unspecified atom stereocenters. The lowest BCUT2D eigenvalue weighted by molar-refractivity contribution is -0.117. The van der Waals surface area contributed by atoms with E-state index in [1.807, 2.05) is 0 Å². The number of benzene rings is 1. The van der Waals surface area contributed by atoms with E-state index in [0.717, 1.165) is 11.1 Å². The first-order chi connectivity index (χ1) is 5.59. The van der Waals surface area contributed by atoms with Crippen LogP contribution in [0.3, 0.4) is 0 Å². The second kappa shape index (κ2) is 3.26. The van der Waals surface area contributed by atoms with Gasteiger partial charge in [0.05, 0.1) is 6.42 Å². The van der Waals surface area contributed by atoms with Crippen molar-refractivity contribution in [3.8, 4) is 5.75 Å². The maximum atomic E-state index is 10.5. The van der Waals surface area contributed by atoms with E-state index in [-0.39, 0.29) is 12.2 Å². The number of carbonyl (C=O) groups is 1. The Morgan fingerprint density at radius 2 is 2.25 bits per heavy atom. The van der Waals surface area contributed by atoms with Crippen LogP contribution in [0.4, 0.5) is 0 Å². The van der Waals surface area contributed by atoms with E-state index < -0.39 is 5.91 Å². The molecule has 1 rings (SSSR count). The Bertz CT molecular complexity index is 307. The molecule has 0 aliphatic carbocycles. The zero-order valence-electron chi connectivity index (χ0n) is 6.87. The van der Waals surface area contributed by atoms with Crippen LogP contribution in [0.25, 0.3) is 0 Å². The third-order valence-corrected chi connectivity index (χ3v) is 1.65. The van der Waals surface area contributed by atoms with Gasteiger partial charge in [-0.05, 0) is 24.1 Å². The molecule has 0 saturated heterocycles. The fourth-order valence-corrected chi connectivity index (χ4v) is 0.966. The third kappa shape index (κ3) is 1.99. The number of hydrogen-bond donors (Lipinski definition) is 2. The summed E-state index contributed by atoms with van der Waals surface area (Å²) in [6.45, 7) is 1.80. The van der Waals surface area contributed by atoms with Crippen LogP contribution in [-0.4, -0.2) is 11.0 Å². The van der Waals surface area contributed by atoms with Crippen LogP contribution in [-0.2, 0) is 11.2 Å². The number of primary amides is 1. The van der Waals surface area contributed by atoms with Crippen LogP contribution in [0.5, 0.6) is 5.75 Å². The summed E-state index contributed by atoms with van der Waals surface area (Å²) in [5.74, 6) is -0.188. The van der Waals surface area contributed by atoms with Crippen LogP contribution >= 0.6 is 0 Å². The summed E-state index contributed by atoms with van der Waals surface area (Å²) >= 11 is 0. The van der Waals surface area contributed by atoms with Gasteiger partial charge < -0.3 is 10.8 Å². The predicted octanol–water partition coefficient (Wildman–Crippen LogP) is 0.728. The molecule has 0 fully saturated rings. The SMILES string of the molecule is Cc1ccc(CC(N)=O)cc1O. The highest BCUT2D eigenvalue weighted by molar-refractivity contribution is 5.76. The van der Waals surface area contributed by atoms with Gasteiger partial charge in [-0.2, -0.15) is 0 Å². The molecule has 0 bridgehead atoms. The number of phenolic OH excluding ortho intramolecular Hbond substituents is 1. The van der Waals surface area contributed by atoms with Crippen molar-refractivity contribution in [2.45, 2.75) is 13.3 Å². The molecule has 1 aromatic carbocycles. The maximum absolute atomic E-state index is 10.5. The van der Waals surface area contributed by atoms with Crippen LogP contribution in [0.2, 0.25) is 0 Å². The number of nitrogens with two attached hydrogens (primary N) is 1. The van der Waals surface area contributed by atoms with Gasteiger partial charge in [0.1, 0.15) is 5.75 Å². The highest BCUT2D eigenvalue weighted by atomic mass is 16.3. The summed E-state index contributed by atoms with van der Waals surface area (Å²) < 4.78 is 0. The first kappa shape index (κ1) is 8.59. The molecule has 3 N–H and O–H groups in total. The molecule has 12 heavy (non-hydrogen) atoms. The Kier molecular flexibility index (Phi) is 2.33. The van der Waals surface area contributed by atoms with Crippen molar-refractivity contribution in [2.24, 2.45) is 5.73 Å². The number of aryl methyl sites for hydroxylation is 1. The maximum Gasteiger partial charge on any atom is 0.221 e. The molecule has 1 amide bonds. The van der Waals surface area contributed by atoms with E-state index in [4.69, 9.17) is 5.73 Å². The monoisotopic (exact) mass is 165 g/mol. The van der Waals surface area contributed by atoms with Crippen molar-refractivity contribution in [1.29, 1.82) is 0 Å². The number of aromatic hydroxyl groups is 1. The number of phenols is 1. The topological polar surface area (TPSA) is 63.3 Å². The van der Waals surface area contributed by atoms with E-state index in [1.165, 1.54) is 0 Å². The molecular weight excluding hydrogens is 154 g/mol. The molecule has 0 aromatic heterocycles. The van der Waals surface area contributed by atoms with Crippen molar-refractivity contribution >= 4 is 5.91 Å². The quantitative estimate of drug-likeness (QED) is 0.678. The lowest BCUT2D eigenvalue weighted by Crippen LogP contribution is -2.13. The van der Waals surface area contributed by atoms with E-state index in [0.29, 0.717) is 0 Å². The fraction of sp³-hybridized carbons (Fsp3) is 0.222. The van der Waals surface area contributed by atoms with E-state index in [2.05, 4.69) is 0 Å². The minimum atomic E-state index is -0.391. The standard InChI is InChI=1S/C9H11NO2/c1-6-2-3-7(4-8(6)11)5-9(10)12/h2-4,11H,5H2,1H3,(H2,10,12). The van der Waals surface area contributed by atoms with Crippen molar-refractivity contribution in [3.05, 3.63) is 29.3 Å². The normalized spacial score (nSPS) is 9.75. The molecule has 0 aliphatic heterocycles. The molecule has 0 saturated carbocycles. The Morgan fingerprint density at radius 3 is 2.75 bits per heavy atom. The first-order valence-electron chi connectivity index (χ1n) is 3.66. The van der Waals surface area contributed by atoms with E-state index in [9.17, 15) is 9.90 Å². The van der Waals surface area contributed by atoms with Gasteiger partial charge in [-0.25, -0.2) is 0 Å². The summed E-state index contributed by atoms with van der Waals surface area (Å²) in [6.07, 6.45) is 0.174. The molecule has 0 spiro atoms. The van der Waals surface area contributed by atoms with Gasteiger partial charge in [-0.1, -0.05) is 12.1 Å². The minimum absolute atomic E-state index is 0.174. The van der Waals surface area contributed by atoms with Gasteiger partial charge >= 0.3 is 0 Å². The molecule has 0 radical (unpaired) electrons. The molecular formula is C9H11NO2. The van der Waals surface area contributed by atoms with Crippen molar-refractivity contribution < 1.29 is 9.90 Å². The van der Waals surface area contributed by atoms with Gasteiger partial charge in [-0.3, -0.25) is 4.79 Å². The molecule has 0 heterocycles. The van der Waals surface area contributed by atoms with E-state index in [1.54, 1.807) is 25.1 Å². The average molecular weight is 165 g/mol. The van der Waals surface area contributed by atoms with E-state index >= 15 is 0 Å². The number of hydrogen-bond acceptors (Lipinski definition) is 2. The van der Waals surface area contributed by atoms with Crippen LogP contribution in [0.1, 0.15) is 11.1 Å².